The van der Waals surface area contributed by atoms with E-state index in [9.17, 15) is 0 Å². The molecular formula is C13H21N5S. The third kappa shape index (κ3) is 4.40. The van der Waals surface area contributed by atoms with Crippen LogP contribution in [0.25, 0.3) is 0 Å². The van der Waals surface area contributed by atoms with Crippen molar-refractivity contribution in [1.82, 2.24) is 25.9 Å². The van der Waals surface area contributed by atoms with E-state index in [4.69, 9.17) is 12.2 Å². The fraction of sp³-hybridized carbons (Fsp3) is 0.615. The van der Waals surface area contributed by atoms with Gasteiger partial charge in [0.2, 0.25) is 0 Å². The number of likely N-dealkylation sites (tertiary alicyclic amines) is 1. The van der Waals surface area contributed by atoms with Crippen molar-refractivity contribution in [3.63, 3.8) is 0 Å². The predicted octanol–water partition coefficient (Wildman–Crippen LogP) is 1.79. The number of nitrogens with one attached hydrogen (secondary N) is 2. The van der Waals surface area contributed by atoms with Gasteiger partial charge in [0.1, 0.15) is 0 Å². The molecule has 1 saturated heterocycles. The number of thiocarbonyl (C=S) groups is 1. The Balaban J connectivity index is 1.79. The van der Waals surface area contributed by atoms with E-state index in [1.807, 2.05) is 19.1 Å². The molecule has 0 aromatic carbocycles. The topological polar surface area (TPSA) is 53.1 Å². The van der Waals surface area contributed by atoms with Gasteiger partial charge in [-0.2, -0.15) is 10.2 Å². The summed E-state index contributed by atoms with van der Waals surface area (Å²) in [6.07, 6.45) is 6.74. The van der Waals surface area contributed by atoms with Gasteiger partial charge in [-0.3, -0.25) is 5.43 Å². The smallest absolute Gasteiger partial charge is 0.183 e. The van der Waals surface area contributed by atoms with Gasteiger partial charge in [0.25, 0.3) is 0 Å². The Morgan fingerprint density at radius 2 is 2.05 bits per heavy atom. The summed E-state index contributed by atoms with van der Waals surface area (Å²) in [5, 5.41) is 8.72. The van der Waals surface area contributed by atoms with Crippen LogP contribution in [0.3, 0.4) is 0 Å². The second-order valence-corrected chi connectivity index (χ2v) is 5.23. The van der Waals surface area contributed by atoms with Gasteiger partial charge in [-0.05, 0) is 44.1 Å². The summed E-state index contributed by atoms with van der Waals surface area (Å²) in [4.78, 5) is 2.23. The van der Waals surface area contributed by atoms with E-state index in [-0.39, 0.29) is 6.04 Å². The van der Waals surface area contributed by atoms with E-state index < -0.39 is 0 Å². The van der Waals surface area contributed by atoms with Crippen LogP contribution in [0.2, 0.25) is 0 Å². The van der Waals surface area contributed by atoms with Gasteiger partial charge in [0.15, 0.2) is 5.11 Å². The highest BCUT2D eigenvalue weighted by Crippen LogP contribution is 2.10. The Kier molecular flexibility index (Phi) is 5.47. The van der Waals surface area contributed by atoms with Gasteiger partial charge in [0, 0.05) is 19.3 Å². The van der Waals surface area contributed by atoms with Crippen LogP contribution in [-0.4, -0.2) is 33.3 Å². The van der Waals surface area contributed by atoms with Crippen molar-refractivity contribution in [1.29, 1.82) is 0 Å². The number of hydrogen-bond donors (Lipinski definition) is 2. The zero-order chi connectivity index (χ0) is 13.5. The van der Waals surface area contributed by atoms with Crippen molar-refractivity contribution in [2.24, 2.45) is 0 Å². The average Bonchev–Trinajstić information content (AvgIpc) is 2.74. The molecule has 2 heterocycles. The molecule has 1 aromatic rings. The molecule has 0 amide bonds. The van der Waals surface area contributed by atoms with Crippen LogP contribution in [0.5, 0.6) is 0 Å². The van der Waals surface area contributed by atoms with Crippen LogP contribution in [0, 0.1) is 0 Å². The van der Waals surface area contributed by atoms with E-state index >= 15 is 0 Å². The Bertz CT molecular complexity index is 389. The normalized spacial score (nSPS) is 17.6. The molecule has 19 heavy (non-hydrogen) atoms. The van der Waals surface area contributed by atoms with Crippen molar-refractivity contribution in [3.8, 4) is 0 Å². The predicted molar refractivity (Wildman–Crippen MR) is 79.4 cm³/mol. The monoisotopic (exact) mass is 279 g/mol. The summed E-state index contributed by atoms with van der Waals surface area (Å²) in [5.74, 6) is 0. The second-order valence-electron chi connectivity index (χ2n) is 4.85. The zero-order valence-electron chi connectivity index (χ0n) is 11.3. The third-order valence-electron chi connectivity index (χ3n) is 3.33. The highest BCUT2D eigenvalue weighted by Gasteiger charge is 2.13. The Morgan fingerprint density at radius 3 is 2.68 bits per heavy atom. The van der Waals surface area contributed by atoms with Gasteiger partial charge in [-0.15, -0.1) is 0 Å². The van der Waals surface area contributed by atoms with Crippen molar-refractivity contribution >= 4 is 17.3 Å². The van der Waals surface area contributed by atoms with Crippen molar-refractivity contribution in [2.75, 3.05) is 13.1 Å². The number of nitrogens with zero attached hydrogens (tertiary/aromatic N) is 3. The van der Waals surface area contributed by atoms with E-state index in [0.29, 0.717) is 0 Å². The number of hydrogen-bond acceptors (Lipinski definition) is 4. The number of hydrazine groups is 1. The summed E-state index contributed by atoms with van der Waals surface area (Å²) in [7, 11) is 0. The Hall–Kier alpha value is -1.27. The fourth-order valence-corrected chi connectivity index (χ4v) is 2.38. The molecule has 1 aliphatic heterocycles. The summed E-state index contributed by atoms with van der Waals surface area (Å²) in [6, 6.07) is 3.90. The first-order chi connectivity index (χ1) is 9.27. The molecule has 5 nitrogen and oxygen atoms in total. The van der Waals surface area contributed by atoms with Crippen LogP contribution in [0.4, 0.5) is 0 Å². The zero-order valence-corrected chi connectivity index (χ0v) is 12.1. The van der Waals surface area contributed by atoms with E-state index in [2.05, 4.69) is 25.9 Å². The molecule has 6 heteroatoms. The first-order valence-corrected chi connectivity index (χ1v) is 7.26. The Labute approximate surface area is 119 Å². The van der Waals surface area contributed by atoms with Gasteiger partial charge >= 0.3 is 0 Å². The number of rotatable bonds is 3. The van der Waals surface area contributed by atoms with Crippen LogP contribution in [0.15, 0.2) is 18.3 Å². The molecule has 2 rings (SSSR count). The maximum atomic E-state index is 5.42. The van der Waals surface area contributed by atoms with Crippen molar-refractivity contribution in [3.05, 3.63) is 24.0 Å². The molecule has 1 aliphatic rings. The maximum absolute atomic E-state index is 5.42. The maximum Gasteiger partial charge on any atom is 0.183 e. The minimum Gasteiger partial charge on any atom is -0.348 e. The minimum absolute atomic E-state index is 0.0682. The van der Waals surface area contributed by atoms with E-state index in [1.165, 1.54) is 25.7 Å². The Morgan fingerprint density at radius 1 is 1.32 bits per heavy atom. The fourth-order valence-electron chi connectivity index (χ4n) is 2.14. The molecule has 1 fully saturated rings. The van der Waals surface area contributed by atoms with Gasteiger partial charge < -0.3 is 4.90 Å². The highest BCUT2D eigenvalue weighted by molar-refractivity contribution is 7.80. The van der Waals surface area contributed by atoms with Crippen molar-refractivity contribution in [2.45, 2.75) is 38.6 Å². The largest absolute Gasteiger partial charge is 0.348 e. The van der Waals surface area contributed by atoms with Crippen LogP contribution < -0.4 is 10.9 Å². The van der Waals surface area contributed by atoms with E-state index in [1.54, 1.807) is 6.20 Å². The molecule has 1 unspecified atom stereocenters. The quantitative estimate of drug-likeness (QED) is 0.650. The first-order valence-electron chi connectivity index (χ1n) is 6.85. The SMILES string of the molecule is CC(NNC(=S)N1CCCCCC1)c1cccnn1. The third-order valence-corrected chi connectivity index (χ3v) is 3.69. The van der Waals surface area contributed by atoms with Gasteiger partial charge in [-0.25, -0.2) is 5.43 Å². The van der Waals surface area contributed by atoms with Crippen LogP contribution >= 0.6 is 12.2 Å². The molecule has 1 atom stereocenters. The molecule has 0 aliphatic carbocycles. The summed E-state index contributed by atoms with van der Waals surface area (Å²) >= 11 is 5.42. The molecule has 0 radical (unpaired) electrons. The van der Waals surface area contributed by atoms with Crippen LogP contribution in [-0.2, 0) is 0 Å². The summed E-state index contributed by atoms with van der Waals surface area (Å²) in [5.41, 5.74) is 7.20. The summed E-state index contributed by atoms with van der Waals surface area (Å²) in [6.45, 7) is 4.13. The molecule has 0 saturated carbocycles. The lowest BCUT2D eigenvalue weighted by Gasteiger charge is -2.25. The second kappa shape index (κ2) is 7.35. The average molecular weight is 279 g/mol. The molecule has 0 bridgehead atoms. The standard InChI is InChI=1S/C13H21N5S/c1-11(12-7-6-8-14-16-12)15-17-13(19)18-9-4-2-3-5-10-18/h6-8,11,15H,2-5,9-10H2,1H3,(H,17,19). The lowest BCUT2D eigenvalue weighted by molar-refractivity contribution is 0.406. The first kappa shape index (κ1) is 14.1. The van der Waals surface area contributed by atoms with Crippen LogP contribution in [0.1, 0.15) is 44.3 Å². The summed E-state index contributed by atoms with van der Waals surface area (Å²) < 4.78 is 0. The molecule has 104 valence electrons. The minimum atomic E-state index is 0.0682. The lowest BCUT2D eigenvalue weighted by Crippen LogP contribution is -2.47. The molecular weight excluding hydrogens is 258 g/mol. The van der Waals surface area contributed by atoms with Gasteiger partial charge in [-0.1, -0.05) is 12.8 Å². The molecule has 2 N–H and O–H groups in total. The molecule has 0 spiro atoms. The number of aromatic nitrogens is 2. The molecule has 1 aromatic heterocycles. The lowest BCUT2D eigenvalue weighted by atomic mass is 10.2. The van der Waals surface area contributed by atoms with E-state index in [0.717, 1.165) is 23.9 Å². The van der Waals surface area contributed by atoms with Crippen molar-refractivity contribution < 1.29 is 0 Å². The highest BCUT2D eigenvalue weighted by atomic mass is 32.1. The van der Waals surface area contributed by atoms with Gasteiger partial charge in [0.05, 0.1) is 11.7 Å².